The first-order valence-electron chi connectivity index (χ1n) is 6.76. The Kier molecular flexibility index (Phi) is 4.71. The minimum absolute atomic E-state index is 0.180. The standard InChI is InChI=1S/C13H14ClN5O3S/c1-3-4-21-19(13(14)20)8-5-18(2)10(12-15-6-17-22-12)9-11(8)23-7-16-9/h3,6-8,10H,1,4-5H2,2H3. The number of nitrogens with zero attached hydrogens (tertiary/aromatic N) is 5. The highest BCUT2D eigenvalue weighted by Crippen LogP contribution is 2.41. The van der Waals surface area contributed by atoms with Crippen molar-refractivity contribution in [2.24, 2.45) is 0 Å². The van der Waals surface area contributed by atoms with E-state index in [2.05, 4.69) is 21.7 Å². The lowest BCUT2D eigenvalue weighted by Gasteiger charge is -2.38. The van der Waals surface area contributed by atoms with Gasteiger partial charge in [0.2, 0.25) is 5.89 Å². The number of amides is 1. The molecule has 23 heavy (non-hydrogen) atoms. The number of carbonyl (C=O) groups is 1. The summed E-state index contributed by atoms with van der Waals surface area (Å²) in [6.45, 7) is 4.24. The normalized spacial score (nSPS) is 21.0. The predicted octanol–water partition coefficient (Wildman–Crippen LogP) is 2.38. The fourth-order valence-electron chi connectivity index (χ4n) is 2.57. The molecule has 2 aromatic rings. The molecule has 2 aromatic heterocycles. The number of likely N-dealkylation sites (N-methyl/N-ethyl adjacent to an activating group) is 1. The number of hydrogen-bond donors (Lipinski definition) is 0. The van der Waals surface area contributed by atoms with Crippen LogP contribution >= 0.6 is 22.9 Å². The summed E-state index contributed by atoms with van der Waals surface area (Å²) < 4.78 is 5.19. The molecule has 1 aliphatic rings. The van der Waals surface area contributed by atoms with Crippen molar-refractivity contribution >= 4 is 28.3 Å². The van der Waals surface area contributed by atoms with Crippen LogP contribution in [-0.4, -0.2) is 50.7 Å². The molecular formula is C13H14ClN5O3S. The Morgan fingerprint density at radius 2 is 2.52 bits per heavy atom. The molecule has 0 saturated carbocycles. The van der Waals surface area contributed by atoms with E-state index in [-0.39, 0.29) is 18.7 Å². The molecule has 0 radical (unpaired) electrons. The monoisotopic (exact) mass is 355 g/mol. The van der Waals surface area contributed by atoms with E-state index in [9.17, 15) is 4.79 Å². The molecule has 0 bridgehead atoms. The van der Waals surface area contributed by atoms with Gasteiger partial charge in [0, 0.05) is 6.54 Å². The Hall–Kier alpha value is -1.81. The fraction of sp³-hybridized carbons (Fsp3) is 0.385. The highest BCUT2D eigenvalue weighted by Gasteiger charge is 2.41. The quantitative estimate of drug-likeness (QED) is 0.352. The molecule has 2 unspecified atom stereocenters. The summed E-state index contributed by atoms with van der Waals surface area (Å²) in [5.41, 5.74) is 2.47. The van der Waals surface area contributed by atoms with Crippen LogP contribution in [0, 0.1) is 0 Å². The van der Waals surface area contributed by atoms with Crippen LogP contribution in [0.25, 0.3) is 0 Å². The van der Waals surface area contributed by atoms with Gasteiger partial charge in [0.15, 0.2) is 6.33 Å². The molecule has 2 atom stereocenters. The Morgan fingerprint density at radius 1 is 1.70 bits per heavy atom. The summed E-state index contributed by atoms with van der Waals surface area (Å²) in [7, 11) is 1.88. The number of hydroxylamine groups is 2. The van der Waals surface area contributed by atoms with Gasteiger partial charge in [-0.3, -0.25) is 14.5 Å². The minimum atomic E-state index is -0.694. The maximum atomic E-state index is 11.8. The van der Waals surface area contributed by atoms with E-state index in [0.29, 0.717) is 12.4 Å². The number of thiazole rings is 1. The van der Waals surface area contributed by atoms with Gasteiger partial charge < -0.3 is 4.52 Å². The number of aromatic nitrogens is 3. The molecule has 122 valence electrons. The van der Waals surface area contributed by atoms with E-state index in [1.54, 1.807) is 11.6 Å². The fourth-order valence-corrected chi connectivity index (χ4v) is 3.63. The van der Waals surface area contributed by atoms with Crippen LogP contribution in [0.15, 0.2) is 29.0 Å². The zero-order valence-electron chi connectivity index (χ0n) is 12.3. The lowest BCUT2D eigenvalue weighted by atomic mass is 10.0. The van der Waals surface area contributed by atoms with Crippen LogP contribution in [0.5, 0.6) is 0 Å². The number of rotatable bonds is 5. The number of hydrogen-bond acceptors (Lipinski definition) is 8. The number of halogens is 1. The highest BCUT2D eigenvalue weighted by molar-refractivity contribution is 7.09. The first-order valence-corrected chi connectivity index (χ1v) is 8.01. The summed E-state index contributed by atoms with van der Waals surface area (Å²) >= 11 is 7.11. The average molecular weight is 356 g/mol. The van der Waals surface area contributed by atoms with Crippen LogP contribution in [0.1, 0.15) is 28.5 Å². The van der Waals surface area contributed by atoms with Crippen molar-refractivity contribution in [1.29, 1.82) is 0 Å². The summed E-state index contributed by atoms with van der Waals surface area (Å²) in [5, 5.41) is 4.11. The molecule has 10 heteroatoms. The molecular weight excluding hydrogens is 342 g/mol. The van der Waals surface area contributed by atoms with Gasteiger partial charge in [-0.05, 0) is 18.6 Å². The average Bonchev–Trinajstić information content (AvgIpc) is 3.18. The third kappa shape index (κ3) is 3.00. The van der Waals surface area contributed by atoms with Gasteiger partial charge in [-0.2, -0.15) is 10.0 Å². The summed E-state index contributed by atoms with van der Waals surface area (Å²) in [6, 6.07) is -0.631. The van der Waals surface area contributed by atoms with E-state index in [1.807, 2.05) is 11.9 Å². The van der Waals surface area contributed by atoms with Crippen LogP contribution in [-0.2, 0) is 4.84 Å². The molecule has 0 aromatic carbocycles. The van der Waals surface area contributed by atoms with Gasteiger partial charge in [0.25, 0.3) is 0 Å². The maximum absolute atomic E-state index is 11.8. The van der Waals surface area contributed by atoms with Crippen molar-refractivity contribution in [2.45, 2.75) is 12.1 Å². The second-order valence-corrected chi connectivity index (χ2v) is 6.11. The van der Waals surface area contributed by atoms with Crippen LogP contribution in [0.4, 0.5) is 4.79 Å². The molecule has 1 aliphatic heterocycles. The zero-order valence-corrected chi connectivity index (χ0v) is 13.8. The van der Waals surface area contributed by atoms with Crippen LogP contribution < -0.4 is 0 Å². The molecule has 3 heterocycles. The van der Waals surface area contributed by atoms with Crippen molar-refractivity contribution < 1.29 is 14.2 Å². The van der Waals surface area contributed by atoms with E-state index in [0.717, 1.165) is 15.6 Å². The van der Waals surface area contributed by atoms with E-state index < -0.39 is 5.37 Å². The number of carbonyl (C=O) groups excluding carboxylic acids is 1. The van der Waals surface area contributed by atoms with Crippen molar-refractivity contribution in [3.63, 3.8) is 0 Å². The molecule has 1 amide bonds. The van der Waals surface area contributed by atoms with Crippen LogP contribution in [0.3, 0.4) is 0 Å². The first kappa shape index (κ1) is 16.1. The van der Waals surface area contributed by atoms with Gasteiger partial charge in [-0.25, -0.2) is 4.98 Å². The molecule has 0 aliphatic carbocycles. The summed E-state index contributed by atoms with van der Waals surface area (Å²) in [4.78, 5) is 28.6. The topological polar surface area (TPSA) is 84.6 Å². The van der Waals surface area contributed by atoms with Crippen LogP contribution in [0.2, 0.25) is 0 Å². The minimum Gasteiger partial charge on any atom is -0.337 e. The number of fused-ring (bicyclic) bond motifs is 1. The molecule has 3 rings (SSSR count). The smallest absolute Gasteiger partial charge is 0.337 e. The van der Waals surface area contributed by atoms with Crippen molar-refractivity contribution in [3.05, 3.63) is 41.0 Å². The van der Waals surface area contributed by atoms with Gasteiger partial charge in [0.1, 0.15) is 12.1 Å². The van der Waals surface area contributed by atoms with Gasteiger partial charge in [0.05, 0.1) is 22.7 Å². The van der Waals surface area contributed by atoms with E-state index >= 15 is 0 Å². The summed E-state index contributed by atoms with van der Waals surface area (Å²) in [5.74, 6) is 0.453. The maximum Gasteiger partial charge on any atom is 0.340 e. The van der Waals surface area contributed by atoms with Crippen molar-refractivity contribution in [2.75, 3.05) is 20.2 Å². The van der Waals surface area contributed by atoms with Gasteiger partial charge in [-0.1, -0.05) is 11.2 Å². The lowest BCUT2D eigenvalue weighted by Crippen LogP contribution is -2.43. The largest absolute Gasteiger partial charge is 0.340 e. The predicted molar refractivity (Wildman–Crippen MR) is 82.9 cm³/mol. The van der Waals surface area contributed by atoms with Gasteiger partial charge >= 0.3 is 5.37 Å². The zero-order chi connectivity index (χ0) is 16.4. The highest BCUT2D eigenvalue weighted by atomic mass is 35.5. The van der Waals surface area contributed by atoms with Crippen molar-refractivity contribution in [1.82, 2.24) is 25.1 Å². The Balaban J connectivity index is 1.96. The Morgan fingerprint density at radius 3 is 3.17 bits per heavy atom. The van der Waals surface area contributed by atoms with E-state index in [4.69, 9.17) is 21.0 Å². The third-order valence-corrected chi connectivity index (χ3v) is 4.60. The lowest BCUT2D eigenvalue weighted by molar-refractivity contribution is -0.135. The molecule has 0 N–H and O–H groups in total. The van der Waals surface area contributed by atoms with E-state index in [1.165, 1.54) is 17.7 Å². The third-order valence-electron chi connectivity index (χ3n) is 3.49. The van der Waals surface area contributed by atoms with Crippen molar-refractivity contribution in [3.8, 4) is 0 Å². The molecule has 0 saturated heterocycles. The Bertz CT molecular complexity index is 692. The summed E-state index contributed by atoms with van der Waals surface area (Å²) in [6.07, 6.45) is 2.90. The molecule has 0 fully saturated rings. The van der Waals surface area contributed by atoms with Gasteiger partial charge in [-0.15, -0.1) is 17.9 Å². The SMILES string of the molecule is C=CCON(C(=O)Cl)C1CN(C)C(c2ncno2)c2ncsc21. The molecule has 8 nitrogen and oxygen atoms in total. The Labute approximate surface area is 141 Å². The first-order chi connectivity index (χ1) is 11.1. The molecule has 0 spiro atoms. The second kappa shape index (κ2) is 6.75. The second-order valence-electron chi connectivity index (χ2n) is 4.90.